The van der Waals surface area contributed by atoms with E-state index >= 15 is 0 Å². The highest BCUT2D eigenvalue weighted by atomic mass is 32.2. The Hall–Kier alpha value is -2.90. The number of allylic oxidation sites excluding steroid dienone is 2. The molecule has 4 aromatic rings. The lowest BCUT2D eigenvalue weighted by atomic mass is 9.86. The molecule has 6 rings (SSSR count). The number of nitrogens with zero attached hydrogens (tertiary/aromatic N) is 2. The summed E-state index contributed by atoms with van der Waals surface area (Å²) >= 11 is 5.11. The molecule has 0 amide bonds. The van der Waals surface area contributed by atoms with Crippen LogP contribution in [-0.4, -0.2) is 11.8 Å². The third-order valence-electron chi connectivity index (χ3n) is 6.03. The zero-order chi connectivity index (χ0) is 23.1. The molecule has 34 heavy (non-hydrogen) atoms. The van der Waals surface area contributed by atoms with Crippen molar-refractivity contribution in [2.45, 2.75) is 19.9 Å². The molecule has 168 valence electrons. The highest BCUT2D eigenvalue weighted by molar-refractivity contribution is 7.96. The van der Waals surface area contributed by atoms with Crippen LogP contribution in [0.25, 0.3) is 11.1 Å². The van der Waals surface area contributed by atoms with Gasteiger partial charge in [-0.25, -0.2) is 9.12 Å². The van der Waals surface area contributed by atoms with Gasteiger partial charge in [0.1, 0.15) is 5.00 Å². The van der Waals surface area contributed by atoms with Crippen LogP contribution in [0.2, 0.25) is 0 Å². The van der Waals surface area contributed by atoms with Crippen LogP contribution >= 0.6 is 34.8 Å². The maximum Gasteiger partial charge on any atom is 0.101 e. The molecule has 3 nitrogen and oxygen atoms in total. The van der Waals surface area contributed by atoms with Crippen molar-refractivity contribution in [3.8, 4) is 0 Å². The standard InChI is InChI=1S/C28H23N3S3/c1-18-17-22(23-14-13-19(2)32-23)27-28(30-34-29-27)26(18)24-15-16-25(33-24)31(20-9-5-3-6-10-20)21-11-7-4-8-12-21/h3-17,27,29H,1-2H3. The SMILES string of the molecule is CC1=C(c2ccc(N(c3ccccc3)c3ccccc3)s2)C2=NSNC2C(c2ccc(C)s2)=C1. The van der Waals surface area contributed by atoms with Crippen LogP contribution in [0.3, 0.4) is 0 Å². The van der Waals surface area contributed by atoms with Gasteiger partial charge >= 0.3 is 0 Å². The third kappa shape index (κ3) is 3.87. The fraction of sp³-hybridized carbons (Fsp3) is 0.107. The van der Waals surface area contributed by atoms with Gasteiger partial charge in [0.25, 0.3) is 0 Å². The van der Waals surface area contributed by atoms with E-state index in [0.29, 0.717) is 0 Å². The van der Waals surface area contributed by atoms with E-state index in [1.807, 2.05) is 22.7 Å². The van der Waals surface area contributed by atoms with Crippen molar-refractivity contribution in [2.24, 2.45) is 4.40 Å². The van der Waals surface area contributed by atoms with Gasteiger partial charge in [0.05, 0.1) is 23.9 Å². The van der Waals surface area contributed by atoms with Crippen molar-refractivity contribution in [3.63, 3.8) is 0 Å². The van der Waals surface area contributed by atoms with E-state index in [2.05, 4.69) is 114 Å². The molecule has 1 aliphatic carbocycles. The number of benzene rings is 2. The summed E-state index contributed by atoms with van der Waals surface area (Å²) in [5, 5.41) is 1.19. The minimum atomic E-state index is 0.117. The molecule has 1 unspecified atom stereocenters. The van der Waals surface area contributed by atoms with Crippen molar-refractivity contribution in [1.82, 2.24) is 4.72 Å². The van der Waals surface area contributed by atoms with Crippen molar-refractivity contribution in [2.75, 3.05) is 4.90 Å². The lowest BCUT2D eigenvalue weighted by Gasteiger charge is -2.25. The molecule has 2 aromatic heterocycles. The molecule has 2 aromatic carbocycles. The number of aryl methyl sites for hydroxylation is 1. The second-order valence-electron chi connectivity index (χ2n) is 8.33. The zero-order valence-corrected chi connectivity index (χ0v) is 21.3. The van der Waals surface area contributed by atoms with Crippen molar-refractivity contribution in [3.05, 3.63) is 111 Å². The normalized spacial score (nSPS) is 17.4. The Bertz CT molecular complexity index is 1390. The van der Waals surface area contributed by atoms with Gasteiger partial charge in [-0.05, 0) is 73.5 Å². The number of para-hydroxylation sites is 2. The molecule has 0 bridgehead atoms. The topological polar surface area (TPSA) is 27.6 Å². The summed E-state index contributed by atoms with van der Waals surface area (Å²) in [6.45, 7) is 4.37. The van der Waals surface area contributed by atoms with Crippen LogP contribution in [0.5, 0.6) is 0 Å². The van der Waals surface area contributed by atoms with Crippen molar-refractivity contribution >= 4 is 68.0 Å². The van der Waals surface area contributed by atoms with Gasteiger partial charge < -0.3 is 4.90 Å². The summed E-state index contributed by atoms with van der Waals surface area (Å²) in [7, 11) is 0. The molecular formula is C28H23N3S3. The molecule has 1 N–H and O–H groups in total. The van der Waals surface area contributed by atoms with Gasteiger partial charge in [-0.15, -0.1) is 22.7 Å². The lowest BCUT2D eigenvalue weighted by molar-refractivity contribution is 1.03. The average Bonchev–Trinajstić information content (AvgIpc) is 3.62. The second kappa shape index (κ2) is 9.04. The highest BCUT2D eigenvalue weighted by Crippen LogP contribution is 2.45. The molecule has 2 aliphatic rings. The van der Waals surface area contributed by atoms with Crippen LogP contribution < -0.4 is 9.62 Å². The smallest absolute Gasteiger partial charge is 0.101 e. The van der Waals surface area contributed by atoms with Crippen molar-refractivity contribution in [1.29, 1.82) is 0 Å². The number of hydrogen-bond donors (Lipinski definition) is 1. The Labute approximate surface area is 212 Å². The van der Waals surface area contributed by atoms with E-state index in [9.17, 15) is 0 Å². The summed E-state index contributed by atoms with van der Waals surface area (Å²) in [6, 6.07) is 30.1. The summed E-state index contributed by atoms with van der Waals surface area (Å²) in [6.07, 6.45) is 2.34. The Morgan fingerprint density at radius 2 is 1.44 bits per heavy atom. The number of anilines is 3. The quantitative estimate of drug-likeness (QED) is 0.280. The minimum absolute atomic E-state index is 0.117. The van der Waals surface area contributed by atoms with Crippen LogP contribution in [0, 0.1) is 6.92 Å². The monoisotopic (exact) mass is 497 g/mol. The first kappa shape index (κ1) is 21.6. The van der Waals surface area contributed by atoms with Gasteiger partial charge in [0.2, 0.25) is 0 Å². The second-order valence-corrected chi connectivity index (χ2v) is 11.3. The lowest BCUT2D eigenvalue weighted by Crippen LogP contribution is -2.32. The fourth-order valence-electron chi connectivity index (χ4n) is 4.49. The molecular weight excluding hydrogens is 475 g/mol. The van der Waals surface area contributed by atoms with E-state index in [1.54, 1.807) is 0 Å². The van der Waals surface area contributed by atoms with Gasteiger partial charge in [-0.2, -0.15) is 0 Å². The van der Waals surface area contributed by atoms with Crippen LogP contribution in [0.15, 0.2) is 101 Å². The Morgan fingerprint density at radius 3 is 2.09 bits per heavy atom. The Balaban J connectivity index is 1.44. The first-order chi connectivity index (χ1) is 16.7. The number of nitrogens with one attached hydrogen (secondary N) is 1. The van der Waals surface area contributed by atoms with Crippen LogP contribution in [0.4, 0.5) is 16.4 Å². The molecule has 0 saturated heterocycles. The Kier molecular flexibility index (Phi) is 5.75. The molecule has 3 heterocycles. The molecule has 0 radical (unpaired) electrons. The molecule has 0 spiro atoms. The van der Waals surface area contributed by atoms with E-state index in [1.165, 1.54) is 48.5 Å². The van der Waals surface area contributed by atoms with Gasteiger partial charge in [-0.3, -0.25) is 0 Å². The molecule has 0 saturated carbocycles. The van der Waals surface area contributed by atoms with E-state index < -0.39 is 0 Å². The van der Waals surface area contributed by atoms with E-state index in [-0.39, 0.29) is 6.04 Å². The van der Waals surface area contributed by atoms with Crippen molar-refractivity contribution < 1.29 is 0 Å². The van der Waals surface area contributed by atoms with Crippen LogP contribution in [0.1, 0.15) is 21.6 Å². The molecule has 1 atom stereocenters. The molecule has 6 heteroatoms. The number of rotatable bonds is 5. The third-order valence-corrected chi connectivity index (χ3v) is 8.80. The van der Waals surface area contributed by atoms with E-state index in [0.717, 1.165) is 17.1 Å². The molecule has 1 aliphatic heterocycles. The van der Waals surface area contributed by atoms with E-state index in [4.69, 9.17) is 4.40 Å². The highest BCUT2D eigenvalue weighted by Gasteiger charge is 2.35. The Morgan fingerprint density at radius 1 is 0.765 bits per heavy atom. The van der Waals surface area contributed by atoms with Crippen LogP contribution in [-0.2, 0) is 0 Å². The maximum atomic E-state index is 4.84. The zero-order valence-electron chi connectivity index (χ0n) is 18.9. The average molecular weight is 498 g/mol. The summed E-state index contributed by atoms with van der Waals surface area (Å²) < 4.78 is 8.37. The number of hydrogen-bond acceptors (Lipinski definition) is 6. The van der Waals surface area contributed by atoms with Gasteiger partial charge in [0.15, 0.2) is 0 Å². The fourth-order valence-corrected chi connectivity index (χ4v) is 7.26. The number of thiophene rings is 2. The summed E-state index contributed by atoms with van der Waals surface area (Å²) in [4.78, 5) is 6.21. The maximum absolute atomic E-state index is 4.84. The first-order valence-electron chi connectivity index (χ1n) is 11.2. The largest absolute Gasteiger partial charge is 0.302 e. The summed E-state index contributed by atoms with van der Waals surface area (Å²) in [5.74, 6) is 0. The van der Waals surface area contributed by atoms with Gasteiger partial charge in [0, 0.05) is 31.6 Å². The predicted molar refractivity (Wildman–Crippen MR) is 151 cm³/mol. The predicted octanol–water partition coefficient (Wildman–Crippen LogP) is 8.43. The first-order valence-corrected chi connectivity index (χ1v) is 13.6. The van der Waals surface area contributed by atoms with Gasteiger partial charge in [-0.1, -0.05) is 42.5 Å². The minimum Gasteiger partial charge on any atom is -0.302 e. The number of fused-ring (bicyclic) bond motifs is 1. The molecule has 0 fully saturated rings. The summed E-state index contributed by atoms with van der Waals surface area (Å²) in [5.41, 5.74) is 7.26.